The Hall–Kier alpha value is -3.71. The molecule has 38 heavy (non-hydrogen) atoms. The van der Waals surface area contributed by atoms with Gasteiger partial charge in [-0.1, -0.05) is 36.4 Å². The van der Waals surface area contributed by atoms with E-state index in [4.69, 9.17) is 4.74 Å². The van der Waals surface area contributed by atoms with E-state index in [1.807, 2.05) is 36.4 Å². The van der Waals surface area contributed by atoms with Crippen LogP contribution in [0.2, 0.25) is 0 Å². The topological polar surface area (TPSA) is 59.4 Å². The molecule has 1 aliphatic carbocycles. The second-order valence-electron chi connectivity index (χ2n) is 10.1. The number of benzene rings is 3. The van der Waals surface area contributed by atoms with Crippen LogP contribution in [0.5, 0.6) is 5.75 Å². The van der Waals surface area contributed by atoms with Gasteiger partial charge in [-0.05, 0) is 65.3 Å². The molecule has 1 atom stereocenters. The maximum absolute atomic E-state index is 14.0. The summed E-state index contributed by atoms with van der Waals surface area (Å²) >= 11 is 1.78. The summed E-state index contributed by atoms with van der Waals surface area (Å²) in [6.45, 7) is 0.476. The highest BCUT2D eigenvalue weighted by Crippen LogP contribution is 2.55. The number of carbonyl (C=O) groups is 1. The molecule has 4 nitrogen and oxygen atoms in total. The first-order valence-electron chi connectivity index (χ1n) is 12.5. The van der Waals surface area contributed by atoms with Gasteiger partial charge in [0.25, 0.3) is 0 Å². The zero-order valence-corrected chi connectivity index (χ0v) is 21.3. The van der Waals surface area contributed by atoms with Crippen molar-refractivity contribution in [1.82, 2.24) is 4.98 Å². The van der Waals surface area contributed by atoms with Crippen LogP contribution in [0.25, 0.3) is 23.1 Å². The molecule has 2 heterocycles. The Morgan fingerprint density at radius 2 is 1.89 bits per heavy atom. The van der Waals surface area contributed by atoms with Crippen molar-refractivity contribution in [1.29, 1.82) is 0 Å². The van der Waals surface area contributed by atoms with E-state index in [0.29, 0.717) is 12.3 Å². The summed E-state index contributed by atoms with van der Waals surface area (Å²) in [5.74, 6) is -0.447. The van der Waals surface area contributed by atoms with Gasteiger partial charge in [0.1, 0.15) is 24.0 Å². The number of fused-ring (bicyclic) bond motifs is 3. The van der Waals surface area contributed by atoms with E-state index in [9.17, 15) is 18.7 Å². The van der Waals surface area contributed by atoms with E-state index in [-0.39, 0.29) is 28.0 Å². The predicted octanol–water partition coefficient (Wildman–Crippen LogP) is 7.65. The van der Waals surface area contributed by atoms with Gasteiger partial charge in [0.2, 0.25) is 0 Å². The van der Waals surface area contributed by atoms with E-state index < -0.39 is 17.6 Å². The van der Waals surface area contributed by atoms with Crippen molar-refractivity contribution in [2.24, 2.45) is 5.41 Å². The minimum Gasteiger partial charge on any atom is -0.489 e. The zero-order valence-electron chi connectivity index (χ0n) is 20.5. The van der Waals surface area contributed by atoms with Gasteiger partial charge in [-0.3, -0.25) is 4.79 Å². The molecule has 1 saturated carbocycles. The Balaban J connectivity index is 1.32. The molecule has 1 aromatic heterocycles. The highest BCUT2D eigenvalue weighted by molar-refractivity contribution is 7.99. The van der Waals surface area contributed by atoms with Crippen LogP contribution < -0.4 is 4.74 Å². The third-order valence-electron chi connectivity index (χ3n) is 7.27. The molecular formula is C31H25F2NO3S. The maximum Gasteiger partial charge on any atom is 0.303 e. The summed E-state index contributed by atoms with van der Waals surface area (Å²) in [4.78, 5) is 15.8. The molecule has 3 aromatic carbocycles. The van der Waals surface area contributed by atoms with Crippen LogP contribution in [0.3, 0.4) is 0 Å². The highest BCUT2D eigenvalue weighted by atomic mass is 32.2. The van der Waals surface area contributed by atoms with Crippen molar-refractivity contribution in [3.63, 3.8) is 0 Å². The molecule has 1 fully saturated rings. The van der Waals surface area contributed by atoms with Gasteiger partial charge >= 0.3 is 5.97 Å². The van der Waals surface area contributed by atoms with Crippen LogP contribution in [0.15, 0.2) is 66.7 Å². The van der Waals surface area contributed by atoms with E-state index in [0.717, 1.165) is 47.1 Å². The number of carboxylic acids is 1. The molecule has 0 saturated heterocycles. The Morgan fingerprint density at radius 1 is 1.05 bits per heavy atom. The van der Waals surface area contributed by atoms with Gasteiger partial charge in [-0.15, -0.1) is 11.8 Å². The summed E-state index contributed by atoms with van der Waals surface area (Å²) in [6.07, 6.45) is 5.84. The first-order valence-corrected chi connectivity index (χ1v) is 13.6. The van der Waals surface area contributed by atoms with E-state index in [2.05, 4.69) is 23.2 Å². The molecule has 2 aliphatic rings. The number of aliphatic carboxylic acids is 1. The van der Waals surface area contributed by atoms with Crippen molar-refractivity contribution in [2.45, 2.75) is 31.1 Å². The molecule has 7 heteroatoms. The average Bonchev–Trinajstić information content (AvgIpc) is 3.67. The van der Waals surface area contributed by atoms with E-state index in [1.165, 1.54) is 11.6 Å². The predicted molar refractivity (Wildman–Crippen MR) is 146 cm³/mol. The monoisotopic (exact) mass is 529 g/mol. The lowest BCUT2D eigenvalue weighted by atomic mass is 9.98. The zero-order chi connectivity index (χ0) is 26.3. The van der Waals surface area contributed by atoms with Crippen LogP contribution in [-0.4, -0.2) is 21.8 Å². The molecular weight excluding hydrogens is 504 g/mol. The van der Waals surface area contributed by atoms with E-state index >= 15 is 0 Å². The van der Waals surface area contributed by atoms with Crippen molar-refractivity contribution in [3.8, 4) is 5.75 Å². The number of nitrogens with zero attached hydrogens (tertiary/aromatic N) is 1. The number of halogens is 2. The molecule has 0 amide bonds. The largest absolute Gasteiger partial charge is 0.489 e. The number of aromatic nitrogens is 1. The SMILES string of the molecule is O=C(O)CC1(CSC2c3ccccc3COc3ccc(C=Cc4ccc5c(F)cc(F)cc5n4)cc32)CC1. The van der Waals surface area contributed by atoms with Crippen molar-refractivity contribution in [2.75, 3.05) is 5.75 Å². The number of rotatable bonds is 7. The fourth-order valence-electron chi connectivity index (χ4n) is 5.01. The number of carboxylic acid groups (broad SMARTS) is 1. The van der Waals surface area contributed by atoms with Crippen LogP contribution >= 0.6 is 11.8 Å². The number of hydrogen-bond acceptors (Lipinski definition) is 4. The molecule has 6 rings (SSSR count). The Labute approximate surface area is 223 Å². The minimum atomic E-state index is -0.742. The number of ether oxygens (including phenoxy) is 1. The molecule has 4 aromatic rings. The minimum absolute atomic E-state index is 0.00747. The van der Waals surface area contributed by atoms with Crippen LogP contribution in [0.4, 0.5) is 8.78 Å². The fraction of sp³-hybridized carbons (Fsp3) is 0.226. The standard InChI is InChI=1S/C31H25F2NO3S/c32-21-14-26(33)24-9-8-22(34-27(24)15-21)7-5-19-6-10-28-25(13-19)30(23-4-2-1-3-20(23)17-37-28)38-18-31(11-12-31)16-29(35)36/h1-10,13-15,30H,11-12,16-18H2,(H,35,36). The van der Waals surface area contributed by atoms with Crippen molar-refractivity contribution < 1.29 is 23.4 Å². The van der Waals surface area contributed by atoms with Crippen LogP contribution in [0.1, 0.15) is 52.5 Å². The molecule has 0 radical (unpaired) electrons. The quantitative estimate of drug-likeness (QED) is 0.266. The second kappa shape index (κ2) is 9.87. The maximum atomic E-state index is 14.0. The van der Waals surface area contributed by atoms with Crippen molar-refractivity contribution in [3.05, 3.63) is 106 Å². The number of hydrogen-bond donors (Lipinski definition) is 1. The number of pyridine rings is 1. The van der Waals surface area contributed by atoms with Gasteiger partial charge < -0.3 is 9.84 Å². The number of thioether (sulfide) groups is 1. The van der Waals surface area contributed by atoms with Crippen LogP contribution in [-0.2, 0) is 11.4 Å². The molecule has 1 N–H and O–H groups in total. The van der Waals surface area contributed by atoms with Gasteiger partial charge in [-0.2, -0.15) is 0 Å². The molecule has 0 spiro atoms. The summed E-state index contributed by atoms with van der Waals surface area (Å²) < 4.78 is 33.9. The van der Waals surface area contributed by atoms with Gasteiger partial charge in [0.15, 0.2) is 0 Å². The normalized spacial score (nSPS) is 17.5. The Kier molecular flexibility index (Phi) is 6.40. The van der Waals surface area contributed by atoms with Crippen LogP contribution in [0, 0.1) is 17.0 Å². The average molecular weight is 530 g/mol. The lowest BCUT2D eigenvalue weighted by Crippen LogP contribution is -2.12. The van der Waals surface area contributed by atoms with E-state index in [1.54, 1.807) is 23.9 Å². The third-order valence-corrected chi connectivity index (χ3v) is 8.89. The third kappa shape index (κ3) is 5.03. The highest BCUT2D eigenvalue weighted by Gasteiger charge is 2.45. The summed E-state index contributed by atoms with van der Waals surface area (Å²) in [7, 11) is 0. The molecule has 1 aliphatic heterocycles. The first kappa shape index (κ1) is 24.6. The Bertz CT molecular complexity index is 1580. The molecule has 192 valence electrons. The fourth-order valence-corrected chi connectivity index (χ4v) is 6.69. The lowest BCUT2D eigenvalue weighted by molar-refractivity contribution is -0.138. The van der Waals surface area contributed by atoms with Gasteiger partial charge in [0, 0.05) is 28.8 Å². The molecule has 0 bridgehead atoms. The second-order valence-corrected chi connectivity index (χ2v) is 11.2. The van der Waals surface area contributed by atoms with Crippen molar-refractivity contribution >= 4 is 40.8 Å². The lowest BCUT2D eigenvalue weighted by Gasteiger charge is -2.22. The smallest absolute Gasteiger partial charge is 0.303 e. The van der Waals surface area contributed by atoms with Gasteiger partial charge in [0.05, 0.1) is 22.9 Å². The first-order chi connectivity index (χ1) is 18.4. The Morgan fingerprint density at radius 3 is 2.71 bits per heavy atom. The molecule has 1 unspecified atom stereocenters. The summed E-state index contributed by atoms with van der Waals surface area (Å²) in [5.41, 5.74) is 5.03. The summed E-state index contributed by atoms with van der Waals surface area (Å²) in [6, 6.07) is 19.7. The summed E-state index contributed by atoms with van der Waals surface area (Å²) in [5, 5.41) is 9.67. The van der Waals surface area contributed by atoms with Gasteiger partial charge in [-0.25, -0.2) is 13.8 Å².